The molecule has 0 radical (unpaired) electrons. The summed E-state index contributed by atoms with van der Waals surface area (Å²) in [6, 6.07) is 14.9. The minimum Gasteiger partial charge on any atom is -0.194 e. The second kappa shape index (κ2) is 4.02. The van der Waals surface area contributed by atoms with E-state index in [2.05, 4.69) is 17.1 Å². The van der Waals surface area contributed by atoms with Crippen LogP contribution in [-0.4, -0.2) is 9.78 Å². The molecule has 2 nitrogen and oxygen atoms in total. The molecule has 0 aliphatic carbocycles. The van der Waals surface area contributed by atoms with Gasteiger partial charge in [0, 0.05) is 11.6 Å². The molecule has 0 amide bonds. The molecule has 0 N–H and O–H groups in total. The van der Waals surface area contributed by atoms with Gasteiger partial charge < -0.3 is 0 Å². The minimum atomic E-state index is 0.995. The van der Waals surface area contributed by atoms with Gasteiger partial charge in [0.15, 0.2) is 0 Å². The van der Waals surface area contributed by atoms with Gasteiger partial charge in [0.1, 0.15) is 0 Å². The van der Waals surface area contributed by atoms with Gasteiger partial charge in [-0.25, -0.2) is 0 Å². The second-order valence-corrected chi connectivity index (χ2v) is 3.44. The number of aryl methyl sites for hydroxylation is 2. The molecule has 0 atom stereocenters. The fourth-order valence-electron chi connectivity index (χ4n) is 1.38. The zero-order valence-corrected chi connectivity index (χ0v) is 8.86. The maximum absolute atomic E-state index is 4.27. The molecular formula is C13H12N2. The Morgan fingerprint density at radius 2 is 1.87 bits per heavy atom. The molecule has 0 unspecified atom stereocenters. The lowest BCUT2D eigenvalue weighted by Crippen LogP contribution is -1.93. The Hall–Kier alpha value is -2.01. The van der Waals surface area contributed by atoms with E-state index in [1.165, 1.54) is 0 Å². The third kappa shape index (κ3) is 2.26. The van der Waals surface area contributed by atoms with Crippen molar-refractivity contribution in [2.45, 2.75) is 13.8 Å². The van der Waals surface area contributed by atoms with E-state index in [0.717, 1.165) is 17.0 Å². The van der Waals surface area contributed by atoms with E-state index in [4.69, 9.17) is 0 Å². The second-order valence-electron chi connectivity index (χ2n) is 3.44. The topological polar surface area (TPSA) is 17.8 Å². The maximum atomic E-state index is 4.27. The summed E-state index contributed by atoms with van der Waals surface area (Å²) in [4.78, 5) is 0. The van der Waals surface area contributed by atoms with Crippen molar-refractivity contribution in [3.05, 3.63) is 53.3 Å². The highest BCUT2D eigenvalue weighted by atomic mass is 15.3. The van der Waals surface area contributed by atoms with Crippen LogP contribution in [0.1, 0.15) is 17.0 Å². The number of nitrogens with zero attached hydrogens (tertiary/aromatic N) is 2. The highest BCUT2D eigenvalue weighted by Crippen LogP contribution is 2.00. The first-order valence-electron chi connectivity index (χ1n) is 4.86. The van der Waals surface area contributed by atoms with Crippen molar-refractivity contribution in [2.75, 3.05) is 0 Å². The Balaban J connectivity index is 2.30. The molecule has 0 saturated carbocycles. The first kappa shape index (κ1) is 9.54. The van der Waals surface area contributed by atoms with Gasteiger partial charge in [-0.05, 0) is 38.0 Å². The minimum absolute atomic E-state index is 0.995. The van der Waals surface area contributed by atoms with Crippen molar-refractivity contribution in [3.8, 4) is 12.0 Å². The summed E-state index contributed by atoms with van der Waals surface area (Å²) in [7, 11) is 0. The van der Waals surface area contributed by atoms with Crippen LogP contribution in [0.3, 0.4) is 0 Å². The maximum Gasteiger partial charge on any atom is 0.0608 e. The third-order valence-corrected chi connectivity index (χ3v) is 2.09. The molecular weight excluding hydrogens is 184 g/mol. The van der Waals surface area contributed by atoms with Gasteiger partial charge in [-0.2, -0.15) is 9.78 Å². The lowest BCUT2D eigenvalue weighted by Gasteiger charge is -1.90. The van der Waals surface area contributed by atoms with Gasteiger partial charge in [0.25, 0.3) is 0 Å². The molecule has 0 aliphatic heterocycles. The number of rotatable bonds is 0. The zero-order valence-electron chi connectivity index (χ0n) is 8.86. The first-order chi connectivity index (χ1) is 7.25. The van der Waals surface area contributed by atoms with Gasteiger partial charge >= 0.3 is 0 Å². The third-order valence-electron chi connectivity index (χ3n) is 2.09. The lowest BCUT2D eigenvalue weighted by atomic mass is 10.2. The summed E-state index contributed by atoms with van der Waals surface area (Å²) in [5, 5.41) is 4.27. The van der Waals surface area contributed by atoms with E-state index < -0.39 is 0 Å². The van der Waals surface area contributed by atoms with E-state index in [9.17, 15) is 0 Å². The normalized spacial score (nSPS) is 9.47. The van der Waals surface area contributed by atoms with Gasteiger partial charge in [-0.3, -0.25) is 0 Å². The van der Waals surface area contributed by atoms with Crippen LogP contribution in [0.15, 0.2) is 36.4 Å². The number of aromatic nitrogens is 2. The molecule has 0 spiro atoms. The van der Waals surface area contributed by atoms with Gasteiger partial charge in [0.2, 0.25) is 0 Å². The molecule has 0 bridgehead atoms. The standard InChI is InChI=1S/C13H12N2/c1-11-10-12(2)15(14-11)9-8-13-6-4-3-5-7-13/h3-7,10H,1-2H3. The molecule has 0 fully saturated rings. The molecule has 74 valence electrons. The summed E-state index contributed by atoms with van der Waals surface area (Å²) < 4.78 is 1.71. The monoisotopic (exact) mass is 196 g/mol. The highest BCUT2D eigenvalue weighted by Gasteiger charge is 1.95. The quantitative estimate of drug-likeness (QED) is 0.591. The van der Waals surface area contributed by atoms with E-state index in [1.54, 1.807) is 4.68 Å². The SMILES string of the molecule is Cc1cc(C)n(C#Cc2ccccc2)n1. The number of hydrogen-bond acceptors (Lipinski definition) is 1. The first-order valence-corrected chi connectivity index (χ1v) is 4.86. The van der Waals surface area contributed by atoms with Gasteiger partial charge in [0.05, 0.1) is 11.4 Å². The summed E-state index contributed by atoms with van der Waals surface area (Å²) >= 11 is 0. The van der Waals surface area contributed by atoms with Crippen LogP contribution in [0.4, 0.5) is 0 Å². The summed E-state index contributed by atoms with van der Waals surface area (Å²) in [5.41, 5.74) is 3.07. The Kier molecular flexibility index (Phi) is 2.55. The average molecular weight is 196 g/mol. The molecule has 15 heavy (non-hydrogen) atoms. The number of benzene rings is 1. The molecule has 2 rings (SSSR count). The smallest absolute Gasteiger partial charge is 0.0608 e. The summed E-state index contributed by atoms with van der Waals surface area (Å²) in [6.07, 6.45) is 0. The van der Waals surface area contributed by atoms with Crippen molar-refractivity contribution < 1.29 is 0 Å². The van der Waals surface area contributed by atoms with E-state index in [1.807, 2.05) is 50.2 Å². The van der Waals surface area contributed by atoms with Crippen LogP contribution in [-0.2, 0) is 0 Å². The van der Waals surface area contributed by atoms with Crippen LogP contribution in [0, 0.1) is 25.8 Å². The van der Waals surface area contributed by atoms with Gasteiger partial charge in [-0.1, -0.05) is 18.2 Å². The Morgan fingerprint density at radius 3 is 2.47 bits per heavy atom. The highest BCUT2D eigenvalue weighted by molar-refractivity contribution is 5.34. The summed E-state index contributed by atoms with van der Waals surface area (Å²) in [5.74, 6) is 3.07. The molecule has 1 aromatic carbocycles. The fraction of sp³-hybridized carbons (Fsp3) is 0.154. The van der Waals surface area contributed by atoms with Crippen molar-refractivity contribution in [3.63, 3.8) is 0 Å². The molecule has 1 aromatic heterocycles. The van der Waals surface area contributed by atoms with Crippen molar-refractivity contribution in [2.24, 2.45) is 0 Å². The Bertz CT molecular complexity index is 512. The van der Waals surface area contributed by atoms with Crippen molar-refractivity contribution >= 4 is 0 Å². The lowest BCUT2D eigenvalue weighted by molar-refractivity contribution is 0.864. The van der Waals surface area contributed by atoms with Crippen LogP contribution in [0.5, 0.6) is 0 Å². The van der Waals surface area contributed by atoms with Crippen LogP contribution in [0.25, 0.3) is 0 Å². The Labute approximate surface area is 89.6 Å². The fourth-order valence-corrected chi connectivity index (χ4v) is 1.38. The molecule has 2 heteroatoms. The predicted molar refractivity (Wildman–Crippen MR) is 60.4 cm³/mol. The molecule has 0 saturated heterocycles. The van der Waals surface area contributed by atoms with Gasteiger partial charge in [-0.15, -0.1) is 0 Å². The zero-order chi connectivity index (χ0) is 10.7. The van der Waals surface area contributed by atoms with Crippen LogP contribution >= 0.6 is 0 Å². The largest absolute Gasteiger partial charge is 0.194 e. The van der Waals surface area contributed by atoms with Crippen LogP contribution < -0.4 is 0 Å². The van der Waals surface area contributed by atoms with Crippen molar-refractivity contribution in [1.82, 2.24) is 9.78 Å². The van der Waals surface area contributed by atoms with E-state index >= 15 is 0 Å². The van der Waals surface area contributed by atoms with E-state index in [0.29, 0.717) is 0 Å². The van der Waals surface area contributed by atoms with Crippen molar-refractivity contribution in [1.29, 1.82) is 0 Å². The predicted octanol–water partition coefficient (Wildman–Crippen LogP) is 2.36. The van der Waals surface area contributed by atoms with Crippen LogP contribution in [0.2, 0.25) is 0 Å². The summed E-state index contributed by atoms with van der Waals surface area (Å²) in [6.45, 7) is 3.97. The number of hydrogen-bond donors (Lipinski definition) is 0. The average Bonchev–Trinajstić information content (AvgIpc) is 2.56. The molecule has 1 heterocycles. The Morgan fingerprint density at radius 1 is 1.13 bits per heavy atom. The molecule has 0 aliphatic rings. The molecule has 2 aromatic rings. The van der Waals surface area contributed by atoms with E-state index in [-0.39, 0.29) is 0 Å².